The molecule has 0 aliphatic heterocycles. The van der Waals surface area contributed by atoms with Crippen molar-refractivity contribution in [1.82, 2.24) is 0 Å². The summed E-state index contributed by atoms with van der Waals surface area (Å²) in [6, 6.07) is 16.6. The van der Waals surface area contributed by atoms with Gasteiger partial charge in [-0.05, 0) is 29.8 Å². The summed E-state index contributed by atoms with van der Waals surface area (Å²) in [5.41, 5.74) is 1.61. The van der Waals surface area contributed by atoms with E-state index in [1.807, 2.05) is 30.3 Å². The highest BCUT2D eigenvalue weighted by Crippen LogP contribution is 2.17. The van der Waals surface area contributed by atoms with Crippen molar-refractivity contribution in [2.45, 2.75) is 6.61 Å². The second kappa shape index (κ2) is 7.09. The zero-order valence-electron chi connectivity index (χ0n) is 11.2. The average Bonchev–Trinajstić information content (AvgIpc) is 2.52. The van der Waals surface area contributed by atoms with Crippen molar-refractivity contribution >= 4 is 17.9 Å². The minimum Gasteiger partial charge on any atom is -0.497 e. The molecule has 0 fully saturated rings. The van der Waals surface area contributed by atoms with Gasteiger partial charge in [0.05, 0.1) is 12.8 Å². The first kappa shape index (κ1) is 13.8. The molecule has 0 amide bonds. The van der Waals surface area contributed by atoms with Crippen molar-refractivity contribution in [2.24, 2.45) is 4.99 Å². The third-order valence-corrected chi connectivity index (χ3v) is 2.62. The van der Waals surface area contributed by atoms with Gasteiger partial charge in [-0.2, -0.15) is 0 Å². The van der Waals surface area contributed by atoms with Crippen molar-refractivity contribution in [3.63, 3.8) is 0 Å². The number of benzene rings is 2. The van der Waals surface area contributed by atoms with E-state index in [1.54, 1.807) is 31.4 Å². The van der Waals surface area contributed by atoms with Crippen LogP contribution < -0.4 is 4.74 Å². The number of rotatable bonds is 5. The van der Waals surface area contributed by atoms with Gasteiger partial charge in [-0.15, -0.1) is 0 Å². The second-order valence-electron chi connectivity index (χ2n) is 4.05. The zero-order valence-corrected chi connectivity index (χ0v) is 11.2. The Kier molecular flexibility index (Phi) is 4.89. The SMILES string of the molecule is COc1ccc(N=CC(=O)OCc2ccccc2)cc1. The van der Waals surface area contributed by atoms with Crippen LogP contribution in [0.5, 0.6) is 5.75 Å². The third kappa shape index (κ3) is 4.24. The van der Waals surface area contributed by atoms with Crippen LogP contribution in [0, 0.1) is 0 Å². The van der Waals surface area contributed by atoms with E-state index in [0.29, 0.717) is 5.69 Å². The lowest BCUT2D eigenvalue weighted by molar-refractivity contribution is -0.136. The fourth-order valence-corrected chi connectivity index (χ4v) is 1.56. The van der Waals surface area contributed by atoms with Gasteiger partial charge in [-0.3, -0.25) is 0 Å². The van der Waals surface area contributed by atoms with Gasteiger partial charge < -0.3 is 9.47 Å². The number of methoxy groups -OCH3 is 1. The molecular formula is C16H15NO3. The minimum absolute atomic E-state index is 0.244. The number of carbonyl (C=O) groups is 1. The molecule has 0 aliphatic carbocycles. The molecule has 0 aliphatic rings. The number of carbonyl (C=O) groups excluding carboxylic acids is 1. The molecule has 0 atom stereocenters. The highest BCUT2D eigenvalue weighted by atomic mass is 16.5. The first-order valence-corrected chi connectivity index (χ1v) is 6.17. The van der Waals surface area contributed by atoms with Crippen molar-refractivity contribution in [3.8, 4) is 5.75 Å². The van der Waals surface area contributed by atoms with Crippen LogP contribution in [0.3, 0.4) is 0 Å². The van der Waals surface area contributed by atoms with E-state index in [0.717, 1.165) is 11.3 Å². The minimum atomic E-state index is -0.468. The number of hydrogen-bond donors (Lipinski definition) is 0. The average molecular weight is 269 g/mol. The highest BCUT2D eigenvalue weighted by molar-refractivity contribution is 6.23. The molecule has 2 aromatic carbocycles. The van der Waals surface area contributed by atoms with Crippen molar-refractivity contribution in [1.29, 1.82) is 0 Å². The van der Waals surface area contributed by atoms with Crippen LogP contribution in [0.1, 0.15) is 5.56 Å². The summed E-state index contributed by atoms with van der Waals surface area (Å²) in [6.45, 7) is 0.244. The van der Waals surface area contributed by atoms with Gasteiger partial charge in [0.15, 0.2) is 0 Å². The van der Waals surface area contributed by atoms with Crippen molar-refractivity contribution < 1.29 is 14.3 Å². The topological polar surface area (TPSA) is 47.9 Å². The summed E-state index contributed by atoms with van der Waals surface area (Å²) in [6.07, 6.45) is 1.17. The molecule has 2 aromatic rings. The summed E-state index contributed by atoms with van der Waals surface area (Å²) >= 11 is 0. The molecule has 0 unspecified atom stereocenters. The molecule has 0 spiro atoms. The lowest BCUT2D eigenvalue weighted by Crippen LogP contribution is -2.05. The maximum atomic E-state index is 11.5. The predicted molar refractivity (Wildman–Crippen MR) is 77.4 cm³/mol. The summed E-state index contributed by atoms with van der Waals surface area (Å²) in [5.74, 6) is 0.278. The molecule has 0 saturated heterocycles. The van der Waals surface area contributed by atoms with Gasteiger partial charge in [-0.25, -0.2) is 9.79 Å². The van der Waals surface area contributed by atoms with Gasteiger partial charge in [0, 0.05) is 0 Å². The van der Waals surface area contributed by atoms with Crippen LogP contribution in [-0.4, -0.2) is 19.3 Å². The third-order valence-electron chi connectivity index (χ3n) is 2.62. The Hall–Kier alpha value is -2.62. The Morgan fingerprint density at radius 3 is 2.45 bits per heavy atom. The fraction of sp³-hybridized carbons (Fsp3) is 0.125. The first-order chi connectivity index (χ1) is 9.78. The van der Waals surface area contributed by atoms with E-state index in [9.17, 15) is 4.79 Å². The molecule has 2 rings (SSSR count). The van der Waals surface area contributed by atoms with Gasteiger partial charge in [-0.1, -0.05) is 30.3 Å². The molecule has 0 N–H and O–H groups in total. The van der Waals surface area contributed by atoms with Crippen LogP contribution in [0.15, 0.2) is 59.6 Å². The molecule has 0 heterocycles. The van der Waals surface area contributed by atoms with Crippen molar-refractivity contribution in [3.05, 3.63) is 60.2 Å². The fourth-order valence-electron chi connectivity index (χ4n) is 1.56. The lowest BCUT2D eigenvalue weighted by Gasteiger charge is -2.01. The van der Waals surface area contributed by atoms with E-state index in [1.165, 1.54) is 6.21 Å². The van der Waals surface area contributed by atoms with Gasteiger partial charge in [0.25, 0.3) is 0 Å². The molecule has 0 aromatic heterocycles. The Bertz CT molecular complexity index is 576. The Labute approximate surface area is 117 Å². The van der Waals surface area contributed by atoms with Crippen LogP contribution in [0.4, 0.5) is 5.69 Å². The van der Waals surface area contributed by atoms with Crippen LogP contribution in [0.25, 0.3) is 0 Å². The molecule has 4 heteroatoms. The number of esters is 1. The number of aliphatic imine (C=N–C) groups is 1. The van der Waals surface area contributed by atoms with E-state index < -0.39 is 5.97 Å². The maximum absolute atomic E-state index is 11.5. The molecule has 0 bridgehead atoms. The standard InChI is InChI=1S/C16H15NO3/c1-19-15-9-7-14(8-10-15)17-11-16(18)20-12-13-5-3-2-4-6-13/h2-11H,12H2,1H3. The largest absolute Gasteiger partial charge is 0.497 e. The normalized spacial score (nSPS) is 10.4. The summed E-state index contributed by atoms with van der Waals surface area (Å²) in [7, 11) is 1.60. The van der Waals surface area contributed by atoms with E-state index in [4.69, 9.17) is 9.47 Å². The maximum Gasteiger partial charge on any atom is 0.349 e. The molecule has 0 saturated carbocycles. The monoisotopic (exact) mass is 269 g/mol. The van der Waals surface area contributed by atoms with Gasteiger partial charge >= 0.3 is 5.97 Å². The van der Waals surface area contributed by atoms with E-state index in [2.05, 4.69) is 4.99 Å². The van der Waals surface area contributed by atoms with Crippen LogP contribution in [0.2, 0.25) is 0 Å². The van der Waals surface area contributed by atoms with Crippen LogP contribution >= 0.6 is 0 Å². The van der Waals surface area contributed by atoms with Gasteiger partial charge in [0.2, 0.25) is 0 Å². The zero-order chi connectivity index (χ0) is 14.2. The Balaban J connectivity index is 1.85. The van der Waals surface area contributed by atoms with E-state index in [-0.39, 0.29) is 6.61 Å². The Morgan fingerprint density at radius 1 is 1.10 bits per heavy atom. The first-order valence-electron chi connectivity index (χ1n) is 6.17. The number of hydrogen-bond acceptors (Lipinski definition) is 4. The molecule has 20 heavy (non-hydrogen) atoms. The Morgan fingerprint density at radius 2 is 1.80 bits per heavy atom. The van der Waals surface area contributed by atoms with Gasteiger partial charge in [0.1, 0.15) is 18.6 Å². The quantitative estimate of drug-likeness (QED) is 0.619. The predicted octanol–water partition coefficient (Wildman–Crippen LogP) is 3.14. The summed E-state index contributed by atoms with van der Waals surface area (Å²) < 4.78 is 10.1. The smallest absolute Gasteiger partial charge is 0.349 e. The summed E-state index contributed by atoms with van der Waals surface area (Å²) in [4.78, 5) is 15.6. The van der Waals surface area contributed by atoms with E-state index >= 15 is 0 Å². The molecule has 4 nitrogen and oxygen atoms in total. The number of ether oxygens (including phenoxy) is 2. The molecular weight excluding hydrogens is 254 g/mol. The second-order valence-corrected chi connectivity index (χ2v) is 4.05. The highest BCUT2D eigenvalue weighted by Gasteiger charge is 1.99. The number of nitrogens with zero attached hydrogens (tertiary/aromatic N) is 1. The van der Waals surface area contributed by atoms with Crippen LogP contribution in [-0.2, 0) is 16.1 Å². The molecule has 0 radical (unpaired) electrons. The van der Waals surface area contributed by atoms with Crippen molar-refractivity contribution in [2.75, 3.05) is 7.11 Å². The molecule has 102 valence electrons. The summed E-state index contributed by atoms with van der Waals surface area (Å²) in [5, 5.41) is 0. The lowest BCUT2D eigenvalue weighted by atomic mass is 10.2.